The van der Waals surface area contributed by atoms with Crippen LogP contribution >= 0.6 is 11.8 Å². The van der Waals surface area contributed by atoms with Crippen LogP contribution in [0.2, 0.25) is 0 Å². The average Bonchev–Trinajstić information content (AvgIpc) is 2.39. The number of aliphatic hydroxyl groups excluding tert-OH is 1. The molecule has 1 saturated heterocycles. The summed E-state index contributed by atoms with van der Waals surface area (Å²) in [6.45, 7) is 3.72. The van der Waals surface area contributed by atoms with Crippen molar-refractivity contribution in [2.75, 3.05) is 0 Å². The molecule has 1 N–H and O–H groups in total. The summed E-state index contributed by atoms with van der Waals surface area (Å²) in [5.74, 6) is 0. The molecule has 18 heavy (non-hydrogen) atoms. The first-order valence-electron chi connectivity index (χ1n) is 6.12. The summed E-state index contributed by atoms with van der Waals surface area (Å²) in [4.78, 5) is 1.20. The zero-order valence-electron chi connectivity index (χ0n) is 10.2. The zero-order valence-corrected chi connectivity index (χ0v) is 11.1. The largest absolute Gasteiger partial charge is 0.393 e. The Hall–Kier alpha value is -1.03. The van der Waals surface area contributed by atoms with E-state index >= 15 is 0 Å². The van der Waals surface area contributed by atoms with E-state index in [2.05, 4.69) is 18.7 Å². The molecule has 2 rings (SSSR count). The van der Waals surface area contributed by atoms with Crippen molar-refractivity contribution in [1.82, 2.24) is 0 Å². The monoisotopic (exact) mass is 262 g/mol. The molecule has 1 aliphatic rings. The molecule has 0 radical (unpaired) electrons. The van der Waals surface area contributed by atoms with E-state index in [1.807, 2.05) is 29.7 Å². The molecule has 0 amide bonds. The van der Waals surface area contributed by atoms with E-state index in [1.54, 1.807) is 17.8 Å². The average molecular weight is 262 g/mol. The highest BCUT2D eigenvalue weighted by atomic mass is 32.2. The number of rotatable bonds is 4. The van der Waals surface area contributed by atoms with Crippen molar-refractivity contribution in [2.45, 2.75) is 36.0 Å². The molecule has 0 spiro atoms. The Kier molecular flexibility index (Phi) is 5.05. The summed E-state index contributed by atoms with van der Waals surface area (Å²) in [6, 6.07) is 10.2. The second-order valence-electron chi connectivity index (χ2n) is 4.33. The highest BCUT2D eigenvalue weighted by Gasteiger charge is 2.24. The van der Waals surface area contributed by atoms with Crippen molar-refractivity contribution < 1.29 is 9.84 Å². The molecule has 1 aromatic rings. The van der Waals surface area contributed by atoms with E-state index in [-0.39, 0.29) is 18.3 Å². The molecule has 2 nitrogen and oxygen atoms in total. The quantitative estimate of drug-likeness (QED) is 0.666. The van der Waals surface area contributed by atoms with Crippen LogP contribution in [0.1, 0.15) is 12.8 Å². The Morgan fingerprint density at radius 1 is 1.22 bits per heavy atom. The number of benzene rings is 1. The molecule has 0 bridgehead atoms. The van der Waals surface area contributed by atoms with E-state index in [9.17, 15) is 5.11 Å². The van der Waals surface area contributed by atoms with Gasteiger partial charge in [-0.05, 0) is 23.6 Å². The van der Waals surface area contributed by atoms with Crippen LogP contribution in [0.5, 0.6) is 0 Å². The van der Waals surface area contributed by atoms with Crippen LogP contribution in [0.25, 0.3) is 0 Å². The second kappa shape index (κ2) is 6.78. The Bertz CT molecular complexity index is 402. The molecule has 1 fully saturated rings. The fourth-order valence-electron chi connectivity index (χ4n) is 1.95. The van der Waals surface area contributed by atoms with Crippen LogP contribution in [0.3, 0.4) is 0 Å². The van der Waals surface area contributed by atoms with Crippen molar-refractivity contribution >= 4 is 11.8 Å². The lowest BCUT2D eigenvalue weighted by Crippen LogP contribution is -2.33. The molecule has 3 atom stereocenters. The molecular weight excluding hydrogens is 244 g/mol. The van der Waals surface area contributed by atoms with Crippen LogP contribution in [0, 0.1) is 0 Å². The lowest BCUT2D eigenvalue weighted by molar-refractivity contribution is -0.0547. The van der Waals surface area contributed by atoms with E-state index in [0.29, 0.717) is 12.8 Å². The van der Waals surface area contributed by atoms with Crippen LogP contribution in [0.15, 0.2) is 59.4 Å². The molecule has 3 heteroatoms. The topological polar surface area (TPSA) is 29.5 Å². The van der Waals surface area contributed by atoms with Crippen molar-refractivity contribution in [1.29, 1.82) is 0 Å². The van der Waals surface area contributed by atoms with Gasteiger partial charge < -0.3 is 9.84 Å². The van der Waals surface area contributed by atoms with Gasteiger partial charge in [-0.25, -0.2) is 0 Å². The van der Waals surface area contributed by atoms with Crippen molar-refractivity contribution in [3.05, 3.63) is 54.5 Å². The van der Waals surface area contributed by atoms with Crippen LogP contribution in [-0.4, -0.2) is 23.4 Å². The Balaban J connectivity index is 1.87. The summed E-state index contributed by atoms with van der Waals surface area (Å²) in [7, 11) is 0. The van der Waals surface area contributed by atoms with Gasteiger partial charge >= 0.3 is 0 Å². The maximum Gasteiger partial charge on any atom is 0.0796 e. The van der Waals surface area contributed by atoms with Crippen molar-refractivity contribution in [2.24, 2.45) is 0 Å². The minimum Gasteiger partial charge on any atom is -0.393 e. The number of thioether (sulfide) groups is 1. The fraction of sp³-hybridized carbons (Fsp3) is 0.333. The standard InChI is InChI=1S/C15H18O2S/c1-2-13-10-12(16)11-14(17-13)8-9-18-15-6-4-3-5-7-15/h2-9,12-14,16H,1,10-11H2/b9-8-/t12-,13+,14-/m0/s1. The van der Waals surface area contributed by atoms with E-state index < -0.39 is 0 Å². The second-order valence-corrected chi connectivity index (χ2v) is 5.31. The van der Waals surface area contributed by atoms with Crippen LogP contribution < -0.4 is 0 Å². The normalized spacial score (nSPS) is 28.4. The summed E-state index contributed by atoms with van der Waals surface area (Å²) in [6.07, 6.45) is 4.73. The number of hydrogen-bond acceptors (Lipinski definition) is 3. The molecule has 1 aliphatic heterocycles. The molecule has 1 heterocycles. The summed E-state index contributed by atoms with van der Waals surface area (Å²) in [5, 5.41) is 11.8. The lowest BCUT2D eigenvalue weighted by atomic mass is 10.0. The Morgan fingerprint density at radius 3 is 2.67 bits per heavy atom. The third kappa shape index (κ3) is 4.02. The number of aliphatic hydroxyl groups is 1. The van der Waals surface area contributed by atoms with Gasteiger partial charge in [-0.15, -0.1) is 6.58 Å². The summed E-state index contributed by atoms with van der Waals surface area (Å²) < 4.78 is 5.77. The lowest BCUT2D eigenvalue weighted by Gasteiger charge is -2.29. The van der Waals surface area contributed by atoms with Gasteiger partial charge in [0.25, 0.3) is 0 Å². The molecule has 0 saturated carbocycles. The molecule has 0 unspecified atom stereocenters. The van der Waals surface area contributed by atoms with Crippen molar-refractivity contribution in [3.8, 4) is 0 Å². The number of ether oxygens (including phenoxy) is 1. The van der Waals surface area contributed by atoms with Gasteiger partial charge in [-0.1, -0.05) is 36.0 Å². The molecule has 96 valence electrons. The maximum absolute atomic E-state index is 9.73. The predicted octanol–water partition coefficient (Wildman–Crippen LogP) is 3.39. The van der Waals surface area contributed by atoms with Gasteiger partial charge in [-0.3, -0.25) is 0 Å². The van der Waals surface area contributed by atoms with Gasteiger partial charge in [0.15, 0.2) is 0 Å². The van der Waals surface area contributed by atoms with Crippen LogP contribution in [0.4, 0.5) is 0 Å². The maximum atomic E-state index is 9.73. The third-order valence-corrected chi connectivity index (χ3v) is 3.70. The minimum atomic E-state index is -0.293. The van der Waals surface area contributed by atoms with Crippen molar-refractivity contribution in [3.63, 3.8) is 0 Å². The first-order chi connectivity index (χ1) is 8.78. The highest BCUT2D eigenvalue weighted by Crippen LogP contribution is 2.24. The van der Waals surface area contributed by atoms with Gasteiger partial charge in [0.1, 0.15) is 0 Å². The van der Waals surface area contributed by atoms with Gasteiger partial charge in [0.2, 0.25) is 0 Å². The fourth-order valence-corrected chi connectivity index (χ4v) is 2.67. The minimum absolute atomic E-state index is 0.0204. The van der Waals surface area contributed by atoms with Gasteiger partial charge in [-0.2, -0.15) is 0 Å². The summed E-state index contributed by atoms with van der Waals surface area (Å²) in [5.41, 5.74) is 0. The van der Waals surface area contributed by atoms with E-state index in [1.165, 1.54) is 4.90 Å². The molecule has 0 aromatic heterocycles. The first-order valence-corrected chi connectivity index (χ1v) is 7.00. The SMILES string of the molecule is C=C[C@@H]1C[C@H](O)C[C@H](/C=C\Sc2ccccc2)O1. The molecule has 1 aromatic carbocycles. The zero-order chi connectivity index (χ0) is 12.8. The van der Waals surface area contributed by atoms with Crippen LogP contribution in [-0.2, 0) is 4.74 Å². The van der Waals surface area contributed by atoms with E-state index in [0.717, 1.165) is 0 Å². The predicted molar refractivity (Wildman–Crippen MR) is 75.5 cm³/mol. The molecule has 0 aliphatic carbocycles. The molecular formula is C15H18O2S. The van der Waals surface area contributed by atoms with E-state index in [4.69, 9.17) is 4.74 Å². The smallest absolute Gasteiger partial charge is 0.0796 e. The van der Waals surface area contributed by atoms with Gasteiger partial charge in [0.05, 0.1) is 18.3 Å². The highest BCUT2D eigenvalue weighted by molar-refractivity contribution is 8.02. The summed E-state index contributed by atoms with van der Waals surface area (Å²) >= 11 is 1.66. The first kappa shape index (κ1) is 13.4. The van der Waals surface area contributed by atoms with Gasteiger partial charge in [0, 0.05) is 17.7 Å². The Morgan fingerprint density at radius 2 is 1.94 bits per heavy atom. The number of hydrogen-bond donors (Lipinski definition) is 1. The Labute approximate surface area is 112 Å². The third-order valence-electron chi connectivity index (χ3n) is 2.86.